The molecule has 642 valence electrons. The van der Waals surface area contributed by atoms with Gasteiger partial charge >= 0.3 is 49.8 Å². The van der Waals surface area contributed by atoms with E-state index >= 15 is 0 Å². The van der Waals surface area contributed by atoms with Gasteiger partial charge < -0.3 is 111 Å². The van der Waals surface area contributed by atoms with Crippen molar-refractivity contribution in [2.75, 3.05) is 265 Å². The zero-order valence-corrected chi connectivity index (χ0v) is 68.0. The minimum Gasteiger partial charge on any atom is -0.480 e. The average molecular weight is 1700 g/mol. The summed E-state index contributed by atoms with van der Waals surface area (Å²) in [7, 11) is 0. The second kappa shape index (κ2) is 59.5. The van der Waals surface area contributed by atoms with Crippen LogP contribution in [0, 0.1) is 0 Å². The second-order valence-electron chi connectivity index (χ2n) is 26.3. The Balaban J connectivity index is 0.0000283. The molecular formula is C72H113GaN17O26+3. The molecular weight excluding hydrogens is 1590 g/mol. The molecule has 1 atom stereocenters. The van der Waals surface area contributed by atoms with E-state index in [1.54, 1.807) is 26.8 Å². The summed E-state index contributed by atoms with van der Waals surface area (Å²) >= 11 is 0. The monoisotopic (exact) mass is 1700 g/mol. The van der Waals surface area contributed by atoms with Gasteiger partial charge in [0.25, 0.3) is 22.3 Å². The van der Waals surface area contributed by atoms with Crippen molar-refractivity contribution in [3.05, 3.63) is 72.5 Å². The van der Waals surface area contributed by atoms with E-state index in [1.165, 1.54) is 18.3 Å². The summed E-state index contributed by atoms with van der Waals surface area (Å²) in [4.78, 5) is 168. The minimum atomic E-state index is -1.31. The van der Waals surface area contributed by atoms with Gasteiger partial charge in [0, 0.05) is 149 Å². The number of ether oxygens (including phenoxy) is 9. The predicted octanol–water partition coefficient (Wildman–Crippen LogP) is -3.10. The molecule has 1 fully saturated rings. The molecule has 0 aliphatic carbocycles. The van der Waals surface area contributed by atoms with Crippen molar-refractivity contribution < 1.29 is 111 Å². The van der Waals surface area contributed by atoms with E-state index in [1.807, 2.05) is 4.90 Å². The van der Waals surface area contributed by atoms with Crippen molar-refractivity contribution in [1.29, 1.82) is 0 Å². The van der Waals surface area contributed by atoms with Crippen molar-refractivity contribution >= 4 is 108 Å². The van der Waals surface area contributed by atoms with E-state index < -0.39 is 64.2 Å². The van der Waals surface area contributed by atoms with Gasteiger partial charge in [-0.15, -0.1) is 0 Å². The number of hydrogen-bond donors (Lipinski definition) is 14. The third kappa shape index (κ3) is 43.7. The Labute approximate surface area is 683 Å². The Morgan fingerprint density at radius 2 is 0.871 bits per heavy atom. The quantitative estimate of drug-likeness (QED) is 0.0118. The van der Waals surface area contributed by atoms with E-state index in [0.29, 0.717) is 201 Å². The third-order valence-corrected chi connectivity index (χ3v) is 17.1. The number of H-pyrrole nitrogens is 1. The summed E-state index contributed by atoms with van der Waals surface area (Å²) in [6, 6.07) is 4.94. The van der Waals surface area contributed by atoms with E-state index in [4.69, 9.17) is 48.4 Å². The largest absolute Gasteiger partial charge is 3.00 e. The standard InChI is InChI=1S/C72H113N17O26.Ga/c73-71-83-67-64(69(102)84-71)81-54(46-80-67)45-79-53-9-7-52(8-10-53)68(101)82-55(70(103)104)11-12-56(90)74-13-1-27-107-33-39-114-42-36-110-30-4-16-77-62-63(66(100)65(62)99)78-17-5-31-111-37-43-115-44-38-112-32-6-18-89(72(105)106)48-58(92)76-15-3-29-109-35-41-113-40-34-108-28-2-14-75-57(91)47-85-19-21-86(49-59(93)94)23-25-88(51-61(97)98)26-24-87(22-20-85)50-60(95)96;/h7-10,46,55,77-79H,1-6,11-45,47-51H2,(H,74,90)(H,75,91)(H,76,92)(H,82,101)(H,93,94)(H,95,96)(H,97,98)(H,103,104)(H,105,106)(H3,73,80,83,84,102);/q;+3/t55-;/m0./s1/i;1-2. The van der Waals surface area contributed by atoms with Crippen LogP contribution in [-0.4, -0.2) is 393 Å². The fourth-order valence-electron chi connectivity index (χ4n) is 11.1. The Morgan fingerprint density at radius 1 is 0.483 bits per heavy atom. The van der Waals surface area contributed by atoms with Gasteiger partial charge in [-0.3, -0.25) is 77.4 Å². The van der Waals surface area contributed by atoms with Gasteiger partial charge in [0.1, 0.15) is 24.0 Å². The van der Waals surface area contributed by atoms with Crippen LogP contribution in [-0.2, 0) is 82.7 Å². The first-order valence-corrected chi connectivity index (χ1v) is 38.3. The number of nitrogens with zero attached hydrogens (tertiary/aromatic N) is 8. The molecule has 1 saturated heterocycles. The predicted molar refractivity (Wildman–Crippen MR) is 421 cm³/mol. The number of nitrogens with one attached hydrogen (secondary N) is 8. The Kier molecular flexibility index (Phi) is 50.9. The first-order chi connectivity index (χ1) is 55.5. The fraction of sp³-hybridized carbons (Fsp3) is 0.653. The molecule has 0 bridgehead atoms. The number of fused-ring (bicyclic) bond motifs is 1. The van der Waals surface area contributed by atoms with Gasteiger partial charge in [0.15, 0.2) is 11.2 Å². The van der Waals surface area contributed by atoms with Gasteiger partial charge in [-0.1, -0.05) is 0 Å². The first-order valence-electron chi connectivity index (χ1n) is 38.3. The van der Waals surface area contributed by atoms with Gasteiger partial charge in [-0.05, 0) is 69.2 Å². The zero-order chi connectivity index (χ0) is 83.2. The smallest absolute Gasteiger partial charge is 0.480 e. The molecule has 3 heterocycles. The molecule has 2 aromatic heterocycles. The molecule has 15 N–H and O–H groups in total. The van der Waals surface area contributed by atoms with Gasteiger partial charge in [0.05, 0.1) is 124 Å². The summed E-state index contributed by atoms with van der Waals surface area (Å²) in [6.07, 6.45) is 2.96. The van der Waals surface area contributed by atoms with Crippen molar-refractivity contribution in [2.45, 2.75) is 64.0 Å². The van der Waals surface area contributed by atoms with Gasteiger partial charge in [-0.2, -0.15) is 4.98 Å². The number of aromatic nitrogens is 4. The van der Waals surface area contributed by atoms with E-state index in [9.17, 15) is 83.1 Å². The molecule has 4 aromatic rings. The molecule has 116 heavy (non-hydrogen) atoms. The maximum atomic E-state index is 12.9. The van der Waals surface area contributed by atoms with Crippen molar-refractivity contribution in [2.24, 2.45) is 0 Å². The number of aliphatic carboxylic acids is 4. The number of nitrogen functional groups attached to an aromatic ring is 1. The van der Waals surface area contributed by atoms with Crippen molar-refractivity contribution in [3.63, 3.8) is 0 Å². The molecule has 0 radical (unpaired) electrons. The Hall–Kier alpha value is -9.13. The molecule has 0 unspecified atom stereocenters. The van der Waals surface area contributed by atoms with E-state index in [0.717, 1.165) is 4.90 Å². The van der Waals surface area contributed by atoms with Crippen LogP contribution >= 0.6 is 0 Å². The number of carboxylic acid groups (broad SMARTS) is 5. The number of rotatable bonds is 63. The number of carbonyl (C=O) groups is 9. The van der Waals surface area contributed by atoms with Gasteiger partial charge in [0.2, 0.25) is 23.7 Å². The topological polar surface area (TPSA) is 570 Å². The molecule has 0 saturated carbocycles. The van der Waals surface area contributed by atoms with E-state index in [2.05, 4.69) is 57.2 Å². The molecule has 5 rings (SSSR count). The SMILES string of the molecule is Nc1nc2ncc(CNc3ccc(C(=O)N[C@@H](CCC(=O)NCCCOCCOCCOCCCNc4c(NCCCOCCOCCOCCCN(CC(=O)NCCCOCCOCCOCCCNC(=O)CN5CCN(CC(=O)O)CCN(CC(=O)O)CCN(CC(=O)O)CC5)C(=O)O)c(=O)c4=O)C(=O)O)cc3)nc2c(=O)[nH]1.[68Ga+3]. The van der Waals surface area contributed by atoms with Crippen LogP contribution in [0.4, 0.5) is 27.8 Å². The summed E-state index contributed by atoms with van der Waals surface area (Å²) in [5, 5.41) is 67.4. The maximum Gasteiger partial charge on any atom is 3.00 e. The molecule has 44 heteroatoms. The normalized spacial score (nSPS) is 13.5. The Morgan fingerprint density at radius 3 is 1.28 bits per heavy atom. The zero-order valence-electron chi connectivity index (χ0n) is 65.5. The van der Waals surface area contributed by atoms with Crippen LogP contribution in [0.5, 0.6) is 0 Å². The van der Waals surface area contributed by atoms with Crippen LogP contribution < -0.4 is 59.4 Å². The number of aromatic amines is 1. The fourth-order valence-corrected chi connectivity index (χ4v) is 11.1. The number of benzene rings is 1. The molecule has 5 amide bonds. The van der Waals surface area contributed by atoms with Crippen molar-refractivity contribution in [1.82, 2.24) is 65.7 Å². The first kappa shape index (κ1) is 99.2. The number of carboxylic acids is 4. The van der Waals surface area contributed by atoms with Crippen LogP contribution in [0.15, 0.2) is 44.8 Å². The number of nitrogens with two attached hydrogens (primary N) is 1. The average Bonchev–Trinajstić information content (AvgIpc) is 0.793. The van der Waals surface area contributed by atoms with Gasteiger partial charge in [-0.25, -0.2) is 19.6 Å². The molecule has 43 nitrogen and oxygen atoms in total. The number of carbonyl (C=O) groups excluding carboxylic acids is 4. The maximum absolute atomic E-state index is 12.9. The summed E-state index contributed by atoms with van der Waals surface area (Å²) in [5.74, 6) is -6.18. The summed E-state index contributed by atoms with van der Waals surface area (Å²) in [6.45, 7) is 9.08. The van der Waals surface area contributed by atoms with Crippen LogP contribution in [0.3, 0.4) is 0 Å². The molecule has 0 spiro atoms. The van der Waals surface area contributed by atoms with Crippen LogP contribution in [0.2, 0.25) is 0 Å². The second-order valence-corrected chi connectivity index (χ2v) is 26.3. The Bertz CT molecular complexity index is 3680. The van der Waals surface area contributed by atoms with Crippen LogP contribution in [0.25, 0.3) is 11.2 Å². The molecule has 1 aliphatic rings. The summed E-state index contributed by atoms with van der Waals surface area (Å²) in [5.41, 5.74) is 5.72. The van der Waals surface area contributed by atoms with E-state index in [-0.39, 0.29) is 177 Å². The van der Waals surface area contributed by atoms with Crippen LogP contribution in [0.1, 0.15) is 67.4 Å². The number of amides is 5. The number of anilines is 4. The minimum absolute atomic E-state index is 0. The third-order valence-electron chi connectivity index (χ3n) is 17.1. The summed E-state index contributed by atoms with van der Waals surface area (Å²) < 4.78 is 50.1. The molecule has 2 aromatic carbocycles. The van der Waals surface area contributed by atoms with Crippen molar-refractivity contribution in [3.8, 4) is 0 Å². The molecule has 1 aliphatic heterocycles. The number of hydrogen-bond acceptors (Lipinski definition) is 32.